The molecule has 0 radical (unpaired) electrons. The van der Waals surface area contributed by atoms with Crippen LogP contribution in [0.5, 0.6) is 0 Å². The SMILES string of the molecule is O=C([C@@H](c1ccccc1)N1CCCCC1)N1CC(F)(F)CC1c1ncc(-c2ccc(-c3ccc(-c4cnc(C5CC(F)(F)CN5C(=O)[C@@H](c5ccccc5)N5CCCCC5)[nH]4)cc3)cc2)[nH]1. The zero-order valence-electron chi connectivity index (χ0n) is 36.8. The summed E-state index contributed by atoms with van der Waals surface area (Å²) in [4.78, 5) is 51.3. The average Bonchev–Trinajstić information content (AvgIpc) is 4.16. The maximum atomic E-state index is 15.2. The molecule has 2 N–H and O–H groups in total. The second kappa shape index (κ2) is 18.3. The van der Waals surface area contributed by atoms with Crippen molar-refractivity contribution < 1.29 is 27.2 Å². The maximum Gasteiger partial charge on any atom is 0.267 e. The van der Waals surface area contributed by atoms with Crippen LogP contribution in [0.25, 0.3) is 33.6 Å². The van der Waals surface area contributed by atoms with Crippen LogP contribution in [-0.4, -0.2) is 102 Å². The van der Waals surface area contributed by atoms with Crippen LogP contribution >= 0.6 is 0 Å². The molecule has 10 rings (SSSR count). The molecule has 4 atom stereocenters. The zero-order chi connectivity index (χ0) is 45.4. The van der Waals surface area contributed by atoms with Crippen molar-refractivity contribution in [2.24, 2.45) is 0 Å². The first-order valence-corrected chi connectivity index (χ1v) is 23.3. The number of piperidine rings is 2. The quantitative estimate of drug-likeness (QED) is 0.126. The van der Waals surface area contributed by atoms with Crippen molar-refractivity contribution in [2.45, 2.75) is 87.4 Å². The van der Waals surface area contributed by atoms with Gasteiger partial charge >= 0.3 is 0 Å². The van der Waals surface area contributed by atoms with Crippen molar-refractivity contribution in [3.8, 4) is 33.6 Å². The van der Waals surface area contributed by atoms with Crippen LogP contribution in [-0.2, 0) is 9.59 Å². The largest absolute Gasteiger partial charge is 0.340 e. The number of carbonyl (C=O) groups is 2. The Labute approximate surface area is 382 Å². The number of halogens is 4. The standard InChI is InChI=1S/C52H54F4N8O2/c53-51(54)29-43(63(33-51)49(65)45(39-13-5-1-6-14-39)61-25-9-3-10-26-61)47-57-31-41(59-47)37-21-17-35(18-22-37)36-19-23-38(24-20-36)42-32-58-48(60-42)44-30-52(55,56)34-64(44)50(66)46(40-15-7-2-8-16-40)62-27-11-4-12-28-62/h1-2,5-8,13-24,31-32,43-46H,3-4,9-12,25-30,33-34H2,(H,57,59)(H,58,60)/t43?,44?,45-,46-/m1/s1. The molecular weight excluding hydrogens is 845 g/mol. The van der Waals surface area contributed by atoms with E-state index in [0.29, 0.717) is 23.0 Å². The van der Waals surface area contributed by atoms with Crippen LogP contribution in [0.1, 0.15) is 98.3 Å². The van der Waals surface area contributed by atoms with E-state index in [0.717, 1.165) is 98.1 Å². The number of hydrogen-bond acceptors (Lipinski definition) is 6. The molecule has 342 valence electrons. The number of nitrogens with one attached hydrogen (secondary N) is 2. The van der Waals surface area contributed by atoms with Gasteiger partial charge in [-0.15, -0.1) is 0 Å². The molecule has 0 saturated carbocycles. The molecule has 0 aliphatic carbocycles. The number of aromatic amines is 2. The van der Waals surface area contributed by atoms with Crippen molar-refractivity contribution >= 4 is 11.8 Å². The number of hydrogen-bond donors (Lipinski definition) is 2. The molecule has 0 bridgehead atoms. The Morgan fingerprint density at radius 1 is 0.500 bits per heavy atom. The van der Waals surface area contributed by atoms with E-state index in [1.165, 1.54) is 9.80 Å². The first-order chi connectivity index (χ1) is 32.0. The Morgan fingerprint density at radius 2 is 0.848 bits per heavy atom. The molecule has 2 amide bonds. The van der Waals surface area contributed by atoms with Crippen LogP contribution < -0.4 is 0 Å². The van der Waals surface area contributed by atoms with E-state index in [4.69, 9.17) is 0 Å². The maximum absolute atomic E-state index is 15.2. The van der Waals surface area contributed by atoms with Gasteiger partial charge in [-0.1, -0.05) is 122 Å². The summed E-state index contributed by atoms with van der Waals surface area (Å²) in [6.45, 7) is 1.63. The van der Waals surface area contributed by atoms with Crippen LogP contribution in [0.2, 0.25) is 0 Å². The molecule has 4 aromatic carbocycles. The number of carbonyl (C=O) groups excluding carboxylic acids is 2. The number of H-pyrrole nitrogens is 2. The first kappa shape index (κ1) is 43.8. The number of likely N-dealkylation sites (tertiary alicyclic amines) is 4. The minimum Gasteiger partial charge on any atom is -0.340 e. The number of imidazole rings is 2. The molecule has 2 unspecified atom stereocenters. The van der Waals surface area contributed by atoms with Crippen LogP contribution in [0.4, 0.5) is 17.6 Å². The second-order valence-corrected chi connectivity index (χ2v) is 18.4. The molecular formula is C52H54F4N8O2. The van der Waals surface area contributed by atoms with E-state index in [1.807, 2.05) is 109 Å². The van der Waals surface area contributed by atoms with Gasteiger partial charge in [-0.25, -0.2) is 27.5 Å². The molecule has 10 nitrogen and oxygen atoms in total. The molecule has 14 heteroatoms. The fourth-order valence-electron chi connectivity index (χ4n) is 10.5. The van der Waals surface area contributed by atoms with Gasteiger partial charge in [-0.2, -0.15) is 0 Å². The molecule has 4 fully saturated rings. The third kappa shape index (κ3) is 9.05. The van der Waals surface area contributed by atoms with Gasteiger partial charge in [0.1, 0.15) is 23.7 Å². The highest BCUT2D eigenvalue weighted by Gasteiger charge is 2.52. The Bertz CT molecular complexity index is 2430. The lowest BCUT2D eigenvalue weighted by Crippen LogP contribution is -2.45. The summed E-state index contributed by atoms with van der Waals surface area (Å²) in [5.74, 6) is -6.10. The number of benzene rings is 4. The highest BCUT2D eigenvalue weighted by atomic mass is 19.3. The lowest BCUT2D eigenvalue weighted by atomic mass is 10.00. The Kier molecular flexibility index (Phi) is 12.1. The molecule has 6 aromatic rings. The number of nitrogens with zero attached hydrogens (tertiary/aromatic N) is 6. The van der Waals surface area contributed by atoms with E-state index in [-0.39, 0.29) is 11.8 Å². The van der Waals surface area contributed by atoms with Gasteiger partial charge in [0, 0.05) is 12.8 Å². The van der Waals surface area contributed by atoms with Gasteiger partial charge in [0.15, 0.2) is 0 Å². The van der Waals surface area contributed by atoms with Gasteiger partial charge in [-0.05, 0) is 85.2 Å². The summed E-state index contributed by atoms with van der Waals surface area (Å²) in [6.07, 6.45) is 8.26. The summed E-state index contributed by atoms with van der Waals surface area (Å²) in [5.41, 5.74) is 6.43. The van der Waals surface area contributed by atoms with E-state index >= 15 is 17.6 Å². The monoisotopic (exact) mass is 898 g/mol. The zero-order valence-corrected chi connectivity index (χ0v) is 36.8. The smallest absolute Gasteiger partial charge is 0.267 e. The molecule has 4 saturated heterocycles. The molecule has 0 spiro atoms. The summed E-state index contributed by atoms with van der Waals surface area (Å²) < 4.78 is 60.9. The Morgan fingerprint density at radius 3 is 1.21 bits per heavy atom. The van der Waals surface area contributed by atoms with Gasteiger partial charge in [-0.3, -0.25) is 19.4 Å². The van der Waals surface area contributed by atoms with Gasteiger partial charge < -0.3 is 19.8 Å². The van der Waals surface area contributed by atoms with Crippen molar-refractivity contribution in [1.29, 1.82) is 0 Å². The predicted octanol–water partition coefficient (Wildman–Crippen LogP) is 10.4. The molecule has 4 aliphatic heterocycles. The summed E-state index contributed by atoms with van der Waals surface area (Å²) in [6, 6.07) is 31.5. The minimum absolute atomic E-state index is 0.330. The highest BCUT2D eigenvalue weighted by molar-refractivity contribution is 5.85. The molecule has 4 aliphatic rings. The molecule has 2 aromatic heterocycles. The lowest BCUT2D eigenvalue weighted by Gasteiger charge is -2.37. The first-order valence-electron chi connectivity index (χ1n) is 23.3. The van der Waals surface area contributed by atoms with Gasteiger partial charge in [0.05, 0.1) is 49.0 Å². The highest BCUT2D eigenvalue weighted by Crippen LogP contribution is 2.45. The van der Waals surface area contributed by atoms with Crippen molar-refractivity contribution in [1.82, 2.24) is 39.5 Å². The number of aromatic nitrogens is 4. The van der Waals surface area contributed by atoms with Crippen LogP contribution in [0.15, 0.2) is 122 Å². The van der Waals surface area contributed by atoms with Crippen molar-refractivity contribution in [3.63, 3.8) is 0 Å². The van der Waals surface area contributed by atoms with Gasteiger partial charge in [0.2, 0.25) is 11.8 Å². The third-order valence-corrected chi connectivity index (χ3v) is 13.9. The third-order valence-electron chi connectivity index (χ3n) is 13.9. The second-order valence-electron chi connectivity index (χ2n) is 18.4. The lowest BCUT2D eigenvalue weighted by molar-refractivity contribution is -0.140. The van der Waals surface area contributed by atoms with Crippen molar-refractivity contribution in [3.05, 3.63) is 144 Å². The van der Waals surface area contributed by atoms with E-state index in [2.05, 4.69) is 29.7 Å². The number of amides is 2. The fraction of sp³-hybridized carbons (Fsp3) is 0.385. The fourth-order valence-corrected chi connectivity index (χ4v) is 10.5. The van der Waals surface area contributed by atoms with Crippen LogP contribution in [0, 0.1) is 0 Å². The molecule has 66 heavy (non-hydrogen) atoms. The van der Waals surface area contributed by atoms with Crippen LogP contribution in [0.3, 0.4) is 0 Å². The summed E-state index contributed by atoms with van der Waals surface area (Å²) in [5, 5.41) is 0. The van der Waals surface area contributed by atoms with E-state index in [1.54, 1.807) is 12.4 Å². The molecule has 6 heterocycles. The number of rotatable bonds is 11. The minimum atomic E-state index is -3.05. The normalized spacial score (nSPS) is 22.1. The predicted molar refractivity (Wildman–Crippen MR) is 244 cm³/mol. The van der Waals surface area contributed by atoms with E-state index in [9.17, 15) is 9.59 Å². The van der Waals surface area contributed by atoms with E-state index < -0.39 is 61.9 Å². The van der Waals surface area contributed by atoms with Crippen molar-refractivity contribution in [2.75, 3.05) is 39.3 Å². The Hall–Kier alpha value is -6.12. The summed E-state index contributed by atoms with van der Waals surface area (Å²) in [7, 11) is 0. The topological polar surface area (TPSA) is 104 Å². The number of alkyl halides is 4. The average molecular weight is 899 g/mol. The summed E-state index contributed by atoms with van der Waals surface area (Å²) >= 11 is 0. The Balaban J connectivity index is 0.832. The van der Waals surface area contributed by atoms with Gasteiger partial charge in [0.25, 0.3) is 11.8 Å².